The molecule has 0 saturated carbocycles. The van der Waals surface area contributed by atoms with Crippen LogP contribution in [0.3, 0.4) is 0 Å². The first-order chi connectivity index (χ1) is 8.75. The van der Waals surface area contributed by atoms with Crippen LogP contribution in [0.2, 0.25) is 0 Å². The van der Waals surface area contributed by atoms with Crippen molar-refractivity contribution in [3.8, 4) is 0 Å². The van der Waals surface area contributed by atoms with Crippen molar-refractivity contribution in [2.24, 2.45) is 0 Å². The molecule has 0 bridgehead atoms. The third kappa shape index (κ3) is 1.83. The minimum atomic E-state index is 0.0823. The van der Waals surface area contributed by atoms with Crippen LogP contribution in [0, 0.1) is 0 Å². The molecule has 2 aromatic rings. The van der Waals surface area contributed by atoms with Crippen molar-refractivity contribution in [3.05, 3.63) is 64.6 Å². The molecule has 1 aliphatic heterocycles. The predicted octanol–water partition coefficient (Wildman–Crippen LogP) is 3.60. The number of rotatable bonds is 1. The maximum absolute atomic E-state index is 12.2. The number of nitrogens with two attached hydrogens (primary N) is 1. The van der Waals surface area contributed by atoms with Gasteiger partial charge in [-0.05, 0) is 29.8 Å². The lowest BCUT2D eigenvalue weighted by Gasteiger charge is -2.00. The normalized spacial score (nSPS) is 16.0. The van der Waals surface area contributed by atoms with Crippen LogP contribution < -0.4 is 5.73 Å². The molecule has 0 atom stereocenters. The molecule has 18 heavy (non-hydrogen) atoms. The fourth-order valence-corrected chi connectivity index (χ4v) is 2.96. The molecule has 0 aromatic heterocycles. The van der Waals surface area contributed by atoms with Crippen LogP contribution in [0.1, 0.15) is 15.9 Å². The average Bonchev–Trinajstić information content (AvgIpc) is 2.70. The van der Waals surface area contributed by atoms with Gasteiger partial charge < -0.3 is 5.73 Å². The smallest absolute Gasteiger partial charge is 0.200 e. The zero-order valence-electron chi connectivity index (χ0n) is 9.59. The molecular formula is C15H11NOS. The van der Waals surface area contributed by atoms with Crippen molar-refractivity contribution in [1.29, 1.82) is 0 Å². The lowest BCUT2D eigenvalue weighted by molar-refractivity contribution is 0.104. The third-order valence-electron chi connectivity index (χ3n) is 2.86. The van der Waals surface area contributed by atoms with E-state index in [1.807, 2.05) is 54.6 Å². The zero-order chi connectivity index (χ0) is 12.5. The molecule has 88 valence electrons. The van der Waals surface area contributed by atoms with E-state index in [4.69, 9.17) is 5.73 Å². The fourth-order valence-electron chi connectivity index (χ4n) is 1.92. The number of carbonyl (C=O) groups is 1. The van der Waals surface area contributed by atoms with Gasteiger partial charge in [-0.25, -0.2) is 0 Å². The van der Waals surface area contributed by atoms with Gasteiger partial charge in [-0.3, -0.25) is 4.79 Å². The van der Waals surface area contributed by atoms with Gasteiger partial charge in [0.2, 0.25) is 5.78 Å². The van der Waals surface area contributed by atoms with Crippen molar-refractivity contribution in [3.63, 3.8) is 0 Å². The molecule has 1 aliphatic rings. The second-order valence-electron chi connectivity index (χ2n) is 4.06. The Hall–Kier alpha value is -2.00. The van der Waals surface area contributed by atoms with Crippen LogP contribution in [0.5, 0.6) is 0 Å². The number of thioether (sulfide) groups is 1. The molecule has 2 nitrogen and oxygen atoms in total. The topological polar surface area (TPSA) is 43.1 Å². The van der Waals surface area contributed by atoms with E-state index in [0.29, 0.717) is 5.69 Å². The summed E-state index contributed by atoms with van der Waals surface area (Å²) in [5.74, 6) is 0.0823. The fraction of sp³-hybridized carbons (Fsp3) is 0. The van der Waals surface area contributed by atoms with Crippen molar-refractivity contribution in [1.82, 2.24) is 0 Å². The molecule has 0 fully saturated rings. The minimum absolute atomic E-state index is 0.0823. The van der Waals surface area contributed by atoms with E-state index in [2.05, 4.69) is 0 Å². The summed E-state index contributed by atoms with van der Waals surface area (Å²) in [7, 11) is 0. The largest absolute Gasteiger partial charge is 0.398 e. The van der Waals surface area contributed by atoms with Crippen LogP contribution in [0.4, 0.5) is 5.69 Å². The molecule has 0 aliphatic carbocycles. The summed E-state index contributed by atoms with van der Waals surface area (Å²) in [6.07, 6.45) is 1.86. The molecule has 1 heterocycles. The molecule has 0 amide bonds. The van der Waals surface area contributed by atoms with Crippen LogP contribution in [0.25, 0.3) is 6.08 Å². The van der Waals surface area contributed by atoms with Crippen LogP contribution in [0.15, 0.2) is 58.3 Å². The molecule has 0 radical (unpaired) electrons. The Kier molecular flexibility index (Phi) is 2.68. The summed E-state index contributed by atoms with van der Waals surface area (Å²) in [6, 6.07) is 15.2. The van der Waals surface area contributed by atoms with Gasteiger partial charge in [0.25, 0.3) is 0 Å². The molecule has 3 heteroatoms. The highest BCUT2D eigenvalue weighted by molar-refractivity contribution is 8.04. The van der Waals surface area contributed by atoms with E-state index in [-0.39, 0.29) is 5.78 Å². The van der Waals surface area contributed by atoms with E-state index in [1.54, 1.807) is 0 Å². The maximum atomic E-state index is 12.2. The highest BCUT2D eigenvalue weighted by atomic mass is 32.2. The van der Waals surface area contributed by atoms with Crippen molar-refractivity contribution >= 4 is 29.3 Å². The summed E-state index contributed by atoms with van der Waals surface area (Å²) >= 11 is 1.50. The Morgan fingerprint density at radius 1 is 1.00 bits per heavy atom. The predicted molar refractivity (Wildman–Crippen MR) is 75.5 cm³/mol. The summed E-state index contributed by atoms with van der Waals surface area (Å²) in [5.41, 5.74) is 8.24. The Bertz CT molecular complexity index is 661. The Balaban J connectivity index is 2.02. The SMILES string of the molecule is Nc1ccccc1/C=C1/Sc2ccccc2C1=O. The standard InChI is InChI=1S/C15H11NOS/c16-12-7-3-1-5-10(12)9-14-15(17)11-6-2-4-8-13(11)18-14/h1-9H,16H2/b14-9+. The Morgan fingerprint density at radius 2 is 1.72 bits per heavy atom. The van der Waals surface area contributed by atoms with Crippen LogP contribution in [-0.2, 0) is 0 Å². The summed E-state index contributed by atoms with van der Waals surface area (Å²) in [5, 5.41) is 0. The monoisotopic (exact) mass is 253 g/mol. The molecular weight excluding hydrogens is 242 g/mol. The quantitative estimate of drug-likeness (QED) is 0.623. The first-order valence-corrected chi connectivity index (χ1v) is 6.45. The van der Waals surface area contributed by atoms with Gasteiger partial charge in [0, 0.05) is 16.1 Å². The third-order valence-corrected chi connectivity index (χ3v) is 3.96. The number of hydrogen-bond acceptors (Lipinski definition) is 3. The molecule has 0 unspecified atom stereocenters. The van der Waals surface area contributed by atoms with Crippen LogP contribution in [-0.4, -0.2) is 5.78 Å². The van der Waals surface area contributed by atoms with Crippen LogP contribution >= 0.6 is 11.8 Å². The van der Waals surface area contributed by atoms with Gasteiger partial charge in [-0.15, -0.1) is 0 Å². The van der Waals surface area contributed by atoms with E-state index in [0.717, 1.165) is 20.9 Å². The van der Waals surface area contributed by atoms with Gasteiger partial charge >= 0.3 is 0 Å². The van der Waals surface area contributed by atoms with E-state index in [1.165, 1.54) is 11.8 Å². The number of allylic oxidation sites excluding steroid dienone is 1. The second kappa shape index (κ2) is 4.35. The number of Topliss-reactive ketones (excluding diaryl/α,β-unsaturated/α-hetero) is 1. The molecule has 2 aromatic carbocycles. The Labute approximate surface area is 110 Å². The number of para-hydroxylation sites is 1. The van der Waals surface area contributed by atoms with Crippen molar-refractivity contribution < 1.29 is 4.79 Å². The number of hydrogen-bond donors (Lipinski definition) is 1. The molecule has 2 N–H and O–H groups in total. The van der Waals surface area contributed by atoms with Gasteiger partial charge in [0.15, 0.2) is 0 Å². The maximum Gasteiger partial charge on any atom is 0.200 e. The molecule has 0 saturated heterocycles. The summed E-state index contributed by atoms with van der Waals surface area (Å²) < 4.78 is 0. The summed E-state index contributed by atoms with van der Waals surface area (Å²) in [6.45, 7) is 0. The van der Waals surface area contributed by atoms with Gasteiger partial charge in [-0.1, -0.05) is 42.1 Å². The Morgan fingerprint density at radius 3 is 2.50 bits per heavy atom. The number of benzene rings is 2. The first kappa shape index (κ1) is 11.1. The number of anilines is 1. The number of nitrogen functional groups attached to an aromatic ring is 1. The minimum Gasteiger partial charge on any atom is -0.398 e. The van der Waals surface area contributed by atoms with E-state index < -0.39 is 0 Å². The highest BCUT2D eigenvalue weighted by Gasteiger charge is 2.25. The highest BCUT2D eigenvalue weighted by Crippen LogP contribution is 2.40. The number of ketones is 1. The lowest BCUT2D eigenvalue weighted by atomic mass is 10.1. The summed E-state index contributed by atoms with van der Waals surface area (Å²) in [4.78, 5) is 13.9. The first-order valence-electron chi connectivity index (χ1n) is 5.63. The van der Waals surface area contributed by atoms with Crippen molar-refractivity contribution in [2.75, 3.05) is 5.73 Å². The van der Waals surface area contributed by atoms with Crippen molar-refractivity contribution in [2.45, 2.75) is 4.90 Å². The average molecular weight is 253 g/mol. The van der Waals surface area contributed by atoms with E-state index in [9.17, 15) is 4.79 Å². The molecule has 3 rings (SSSR count). The molecule has 0 spiro atoms. The van der Waals surface area contributed by atoms with E-state index >= 15 is 0 Å². The van der Waals surface area contributed by atoms with Gasteiger partial charge in [-0.2, -0.15) is 0 Å². The number of carbonyl (C=O) groups excluding carboxylic acids is 1. The lowest BCUT2D eigenvalue weighted by Crippen LogP contribution is -1.94. The van der Waals surface area contributed by atoms with Gasteiger partial charge in [0.1, 0.15) is 0 Å². The zero-order valence-corrected chi connectivity index (χ0v) is 10.4. The number of fused-ring (bicyclic) bond motifs is 1. The second-order valence-corrected chi connectivity index (χ2v) is 5.15. The van der Waals surface area contributed by atoms with Gasteiger partial charge in [0.05, 0.1) is 4.91 Å².